The second kappa shape index (κ2) is 25.8. The normalized spacial score (nSPS) is 12.9. The van der Waals surface area contributed by atoms with Crippen LogP contribution in [0, 0.1) is 0 Å². The molecule has 0 aliphatic carbocycles. The van der Waals surface area contributed by atoms with Gasteiger partial charge in [0, 0.05) is 38.1 Å². The summed E-state index contributed by atoms with van der Waals surface area (Å²) in [7, 11) is 1.50. The molecule has 0 heterocycles. The van der Waals surface area contributed by atoms with Crippen LogP contribution in [-0.2, 0) is 19.2 Å². The maximum absolute atomic E-state index is 12.6. The van der Waals surface area contributed by atoms with Crippen molar-refractivity contribution in [3.63, 3.8) is 0 Å². The van der Waals surface area contributed by atoms with Gasteiger partial charge in [-0.25, -0.2) is 0 Å². The standard InChI is InChI=1S/C31H59N2O5P/c1-5-7-8-9-10-11-12-13-14-15-16-17-18-22-28(34)25-27(32-29(35)21-6-2)26-31(37)39(38)30(36)23-19-20-24-33(3)4/h27,38H,5-26H2,1-4H3,(H,32,35). The summed E-state index contributed by atoms with van der Waals surface area (Å²) in [5.41, 5.74) is -0.983. The van der Waals surface area contributed by atoms with E-state index in [9.17, 15) is 24.1 Å². The van der Waals surface area contributed by atoms with Crippen molar-refractivity contribution in [3.8, 4) is 0 Å². The van der Waals surface area contributed by atoms with Crippen LogP contribution in [-0.4, -0.2) is 59.2 Å². The lowest BCUT2D eigenvalue weighted by molar-refractivity contribution is -0.123. The lowest BCUT2D eigenvalue weighted by Crippen LogP contribution is -2.38. The molecule has 0 fully saturated rings. The van der Waals surface area contributed by atoms with Gasteiger partial charge in [-0.1, -0.05) is 90.9 Å². The number of carbonyl (C=O) groups is 4. The van der Waals surface area contributed by atoms with E-state index in [2.05, 4.69) is 12.2 Å². The van der Waals surface area contributed by atoms with Gasteiger partial charge in [-0.2, -0.15) is 0 Å². The zero-order valence-corrected chi connectivity index (χ0v) is 26.5. The molecule has 0 rings (SSSR count). The summed E-state index contributed by atoms with van der Waals surface area (Å²) in [5.74, 6) is -0.189. The molecule has 0 aliphatic rings. The molecule has 2 atom stereocenters. The number of rotatable bonds is 28. The van der Waals surface area contributed by atoms with E-state index in [1.54, 1.807) is 0 Å². The van der Waals surface area contributed by atoms with Crippen LogP contribution >= 0.6 is 8.15 Å². The third-order valence-electron chi connectivity index (χ3n) is 7.01. The van der Waals surface area contributed by atoms with Crippen molar-refractivity contribution in [1.29, 1.82) is 0 Å². The molecule has 7 nitrogen and oxygen atoms in total. The molecule has 0 saturated carbocycles. The Morgan fingerprint density at radius 1 is 0.641 bits per heavy atom. The quantitative estimate of drug-likeness (QED) is 0.0757. The Morgan fingerprint density at radius 3 is 1.67 bits per heavy atom. The second-order valence-corrected chi connectivity index (χ2v) is 12.9. The fraction of sp³-hybridized carbons (Fsp3) is 0.871. The fourth-order valence-electron chi connectivity index (χ4n) is 4.66. The minimum atomic E-state index is -2.41. The van der Waals surface area contributed by atoms with E-state index >= 15 is 0 Å². The highest BCUT2D eigenvalue weighted by Gasteiger charge is 2.28. The fourth-order valence-corrected chi connectivity index (χ4v) is 5.71. The van der Waals surface area contributed by atoms with Crippen LogP contribution in [0.5, 0.6) is 0 Å². The van der Waals surface area contributed by atoms with Gasteiger partial charge < -0.3 is 15.1 Å². The van der Waals surface area contributed by atoms with Gasteiger partial charge in [0.1, 0.15) is 5.78 Å². The van der Waals surface area contributed by atoms with Crippen LogP contribution < -0.4 is 5.32 Å². The van der Waals surface area contributed by atoms with Gasteiger partial charge in [0.15, 0.2) is 19.2 Å². The number of Topliss-reactive ketones (excluding diaryl/α,β-unsaturated/α-hetero) is 1. The molecule has 1 amide bonds. The Balaban J connectivity index is 4.31. The van der Waals surface area contributed by atoms with E-state index in [0.717, 1.165) is 32.2 Å². The predicted octanol–water partition coefficient (Wildman–Crippen LogP) is 7.28. The second-order valence-electron chi connectivity index (χ2n) is 11.3. The van der Waals surface area contributed by atoms with Crippen molar-refractivity contribution in [3.05, 3.63) is 0 Å². The third kappa shape index (κ3) is 23.3. The minimum Gasteiger partial charge on any atom is -0.360 e. The van der Waals surface area contributed by atoms with Crippen LogP contribution in [0.4, 0.5) is 0 Å². The van der Waals surface area contributed by atoms with Gasteiger partial charge in [0.2, 0.25) is 5.91 Å². The van der Waals surface area contributed by atoms with Crippen LogP contribution in [0.25, 0.3) is 0 Å². The molecule has 8 heteroatoms. The molecule has 0 saturated heterocycles. The number of hydrogen-bond donors (Lipinski definition) is 2. The number of carbonyl (C=O) groups excluding carboxylic acids is 4. The predicted molar refractivity (Wildman–Crippen MR) is 163 cm³/mol. The molecule has 0 aromatic rings. The molecule has 228 valence electrons. The summed E-state index contributed by atoms with van der Waals surface area (Å²) in [6, 6.07) is -0.662. The Labute approximate surface area is 240 Å². The zero-order valence-electron chi connectivity index (χ0n) is 25.6. The van der Waals surface area contributed by atoms with Gasteiger partial charge in [-0.05, 0) is 46.3 Å². The lowest BCUT2D eigenvalue weighted by Gasteiger charge is -2.19. The van der Waals surface area contributed by atoms with Crippen LogP contribution in [0.2, 0.25) is 0 Å². The van der Waals surface area contributed by atoms with Crippen LogP contribution in [0.3, 0.4) is 0 Å². The van der Waals surface area contributed by atoms with Gasteiger partial charge in [-0.3, -0.25) is 19.2 Å². The highest BCUT2D eigenvalue weighted by atomic mass is 31.1. The summed E-state index contributed by atoms with van der Waals surface area (Å²) in [6.45, 7) is 4.98. The maximum Gasteiger partial charge on any atom is 0.220 e. The summed E-state index contributed by atoms with van der Waals surface area (Å²) in [5, 5.41) is 2.79. The SMILES string of the molecule is CCCCCCCCCCCCCCCC(=O)CC(CC(=O)P(O)C(=O)CCCCN(C)C)NC(=O)CCC. The van der Waals surface area contributed by atoms with Crippen molar-refractivity contribution in [2.24, 2.45) is 0 Å². The molecule has 0 aliphatic heterocycles. The molecule has 0 radical (unpaired) electrons. The lowest BCUT2D eigenvalue weighted by atomic mass is 10.0. The Hall–Kier alpha value is -1.17. The molecular weight excluding hydrogens is 511 g/mol. The van der Waals surface area contributed by atoms with Crippen molar-refractivity contribution in [2.75, 3.05) is 20.6 Å². The molecule has 0 spiro atoms. The summed E-state index contributed by atoms with van der Waals surface area (Å²) >= 11 is 0. The van der Waals surface area contributed by atoms with Crippen molar-refractivity contribution in [1.82, 2.24) is 10.2 Å². The number of nitrogens with one attached hydrogen (secondary N) is 1. The van der Waals surface area contributed by atoms with Gasteiger partial charge >= 0.3 is 0 Å². The average Bonchev–Trinajstić information content (AvgIpc) is 2.88. The smallest absolute Gasteiger partial charge is 0.220 e. The van der Waals surface area contributed by atoms with Crippen LogP contribution in [0.1, 0.15) is 149 Å². The molecule has 0 aromatic carbocycles. The number of nitrogens with zero attached hydrogens (tertiary/aromatic N) is 1. The van der Waals surface area contributed by atoms with Gasteiger partial charge in [0.05, 0.1) is 0 Å². The summed E-state index contributed by atoms with van der Waals surface area (Å²) in [4.78, 5) is 62.1. The Bertz CT molecular complexity index is 671. The summed E-state index contributed by atoms with van der Waals surface area (Å²) < 4.78 is 0. The van der Waals surface area contributed by atoms with Crippen molar-refractivity contribution >= 4 is 30.9 Å². The first-order valence-electron chi connectivity index (χ1n) is 15.7. The molecule has 2 N–H and O–H groups in total. The van der Waals surface area contributed by atoms with E-state index < -0.39 is 25.2 Å². The minimum absolute atomic E-state index is 0.0185. The Kier molecular flexibility index (Phi) is 25.0. The van der Waals surface area contributed by atoms with E-state index in [0.29, 0.717) is 25.7 Å². The number of amides is 1. The first-order chi connectivity index (χ1) is 18.7. The van der Waals surface area contributed by atoms with Gasteiger partial charge in [0.25, 0.3) is 0 Å². The number of hydrogen-bond acceptors (Lipinski definition) is 6. The molecule has 0 aromatic heterocycles. The van der Waals surface area contributed by atoms with Gasteiger partial charge in [-0.15, -0.1) is 0 Å². The van der Waals surface area contributed by atoms with Crippen molar-refractivity contribution < 1.29 is 24.1 Å². The summed E-state index contributed by atoms with van der Waals surface area (Å²) in [6.07, 6.45) is 19.1. The first kappa shape index (κ1) is 37.8. The average molecular weight is 571 g/mol. The topological polar surface area (TPSA) is 104 Å². The van der Waals surface area contributed by atoms with E-state index in [-0.39, 0.29) is 31.0 Å². The number of ketones is 1. The van der Waals surface area contributed by atoms with Crippen molar-refractivity contribution in [2.45, 2.75) is 155 Å². The molecule has 39 heavy (non-hydrogen) atoms. The van der Waals surface area contributed by atoms with Crippen LogP contribution in [0.15, 0.2) is 0 Å². The molecular formula is C31H59N2O5P. The van der Waals surface area contributed by atoms with E-state index in [4.69, 9.17) is 0 Å². The zero-order chi connectivity index (χ0) is 29.3. The highest BCUT2D eigenvalue weighted by Crippen LogP contribution is 2.36. The van der Waals surface area contributed by atoms with E-state index in [1.807, 2.05) is 25.9 Å². The monoisotopic (exact) mass is 570 g/mol. The maximum atomic E-state index is 12.6. The Morgan fingerprint density at radius 2 is 1.15 bits per heavy atom. The van der Waals surface area contributed by atoms with E-state index in [1.165, 1.54) is 64.2 Å². The largest absolute Gasteiger partial charge is 0.360 e. The molecule has 0 bridgehead atoms. The highest BCUT2D eigenvalue weighted by molar-refractivity contribution is 7.84. The number of unbranched alkanes of at least 4 members (excludes halogenated alkanes) is 13. The first-order valence-corrected chi connectivity index (χ1v) is 17.0. The molecule has 2 unspecified atom stereocenters. The third-order valence-corrected chi connectivity index (χ3v) is 8.37.